The summed E-state index contributed by atoms with van der Waals surface area (Å²) >= 11 is 0. The molecule has 8 bridgehead atoms. The molecular weight excluding hydrogens is 1080 g/mol. The molecule has 13 rings (SSSR count). The van der Waals surface area contributed by atoms with Crippen LogP contribution in [-0.4, -0.2) is 39.0 Å². The minimum Gasteiger partial charge on any atom is -0.357 e. The quantitative estimate of drug-likeness (QED) is 0.138. The molecule has 8 aromatic carbocycles. The number of imidazole rings is 3. The number of fused-ring (bicyclic) bond motifs is 8. The monoisotopic (exact) mass is 1120 g/mol. The zero-order chi connectivity index (χ0) is 47.8. The summed E-state index contributed by atoms with van der Waals surface area (Å²) in [5.74, 6) is 1.06. The van der Waals surface area contributed by atoms with Gasteiger partial charge in [-0.3, -0.25) is 13.7 Å². The van der Waals surface area contributed by atoms with E-state index < -0.39 is 0 Å². The third-order valence-electron chi connectivity index (χ3n) is 12.6. The Hall–Kier alpha value is -9.44. The molecule has 0 amide bonds. The zero-order valence-electron chi connectivity index (χ0n) is 38.8. The van der Waals surface area contributed by atoms with E-state index in [9.17, 15) is 0 Å². The molecule has 0 radical (unpaired) electrons. The Morgan fingerprint density at radius 2 is 0.671 bits per heavy atom. The van der Waals surface area contributed by atoms with Gasteiger partial charge in [0.1, 0.15) is 11.3 Å². The van der Waals surface area contributed by atoms with Crippen molar-refractivity contribution in [3.8, 4) is 73.1 Å². The van der Waals surface area contributed by atoms with Gasteiger partial charge in [0.15, 0.2) is 17.1 Å². The Kier molecular flexibility index (Phi) is 11.9. The van der Waals surface area contributed by atoms with Crippen molar-refractivity contribution in [2.24, 2.45) is 0 Å². The molecule has 12 heteroatoms. The first kappa shape index (κ1) is 44.7. The number of para-hydroxylation sites is 3. The zero-order valence-corrected chi connectivity index (χ0v) is 41.1. The van der Waals surface area contributed by atoms with Crippen LogP contribution in [0, 0.1) is 0 Å². The molecule has 0 spiro atoms. The van der Waals surface area contributed by atoms with Crippen molar-refractivity contribution >= 4 is 45.6 Å². The topological polar surface area (TPSA) is 119 Å². The van der Waals surface area contributed by atoms with E-state index in [1.165, 1.54) is 0 Å². The molecule has 0 aliphatic carbocycles. The molecule has 0 fully saturated rings. The van der Waals surface area contributed by atoms with Crippen LogP contribution >= 0.6 is 0 Å². The van der Waals surface area contributed by atoms with Gasteiger partial charge < -0.3 is 15.0 Å². The van der Waals surface area contributed by atoms with Crippen LogP contribution in [0.4, 0.5) is 0 Å². The molecule has 5 aromatic heterocycles. The molecule has 0 saturated heterocycles. The van der Waals surface area contributed by atoms with Crippen molar-refractivity contribution in [3.05, 3.63) is 243 Å². The van der Waals surface area contributed by atoms with Crippen LogP contribution in [0.25, 0.3) is 119 Å². The molecule has 348 valence electrons. The Morgan fingerprint density at radius 3 is 1.12 bits per heavy atom. The third-order valence-corrected chi connectivity index (χ3v) is 12.6. The SMILES string of the molecule is [Pt+2].c1ccc(-c2c(-c3ccccc3)c3nc4nc(nc5[n-]c(nc6nc(nc2[n-]3)c(-c2ccccc2)n6-c2ccccc2)[n+](-c2ccccc2)c5-c2ccccc2)c(-c2ccccc2)n4-c2ccccc2)cc1. The van der Waals surface area contributed by atoms with Crippen molar-refractivity contribution in [3.63, 3.8) is 0 Å². The fourth-order valence-corrected chi connectivity index (χ4v) is 9.42. The summed E-state index contributed by atoms with van der Waals surface area (Å²) in [4.78, 5) is 43.8. The van der Waals surface area contributed by atoms with Crippen LogP contribution in [0.2, 0.25) is 0 Å². The minimum absolute atomic E-state index is 0. The molecule has 13 aromatic rings. The van der Waals surface area contributed by atoms with Crippen molar-refractivity contribution in [1.29, 1.82) is 0 Å². The van der Waals surface area contributed by atoms with Gasteiger partial charge >= 0.3 is 21.1 Å². The average Bonchev–Trinajstić information content (AvgIpc) is 4.20. The molecule has 0 atom stereocenters. The standard InChI is InChI=1S/C61H40N11.Pt/c1-9-25-41(26-10-1)49-50(42-27-11-2-12-28-42)55-62-54(49)63-56-51(43-29-13-3-14-30-43)71(47-37-21-7-22-38-47)60(67-56)69-61-68-58(53(45-33-17-5-18-34-45)72(61)48-39-23-8-24-40-48)64-57-52(44-31-15-4-16-32-44)70(59(65-55)66-57)46-35-19-6-20-36-46;/h1-40H;/q-1;+2. The molecule has 73 heavy (non-hydrogen) atoms. The summed E-state index contributed by atoms with van der Waals surface area (Å²) in [6.45, 7) is 0. The third kappa shape index (κ3) is 8.27. The van der Waals surface area contributed by atoms with Gasteiger partial charge in [0.05, 0.1) is 11.4 Å². The van der Waals surface area contributed by atoms with Gasteiger partial charge in [-0.2, -0.15) is 9.97 Å². The van der Waals surface area contributed by atoms with E-state index in [1.54, 1.807) is 0 Å². The average molecular weight is 1120 g/mol. The van der Waals surface area contributed by atoms with Crippen molar-refractivity contribution < 1.29 is 25.6 Å². The number of hydrogen-bond acceptors (Lipinski definition) is 6. The van der Waals surface area contributed by atoms with Crippen LogP contribution < -0.4 is 14.5 Å². The van der Waals surface area contributed by atoms with Crippen molar-refractivity contribution in [2.75, 3.05) is 0 Å². The molecule has 0 aliphatic rings. The molecule has 0 saturated carbocycles. The Morgan fingerprint density at radius 1 is 0.315 bits per heavy atom. The molecule has 0 N–H and O–H groups in total. The van der Waals surface area contributed by atoms with Gasteiger partial charge in [-0.05, 0) is 47.5 Å². The Labute approximate surface area is 433 Å². The van der Waals surface area contributed by atoms with Crippen LogP contribution in [-0.2, 0) is 21.1 Å². The molecule has 0 unspecified atom stereocenters. The van der Waals surface area contributed by atoms with Gasteiger partial charge in [0.2, 0.25) is 11.6 Å². The van der Waals surface area contributed by atoms with Crippen LogP contribution in [0.3, 0.4) is 0 Å². The summed E-state index contributed by atoms with van der Waals surface area (Å²) in [5, 5.41) is 0. The second-order valence-electron chi connectivity index (χ2n) is 17.1. The second-order valence-corrected chi connectivity index (χ2v) is 17.1. The summed E-state index contributed by atoms with van der Waals surface area (Å²) in [5.41, 5.74) is 12.7. The smallest absolute Gasteiger partial charge is 0.357 e. The van der Waals surface area contributed by atoms with Gasteiger partial charge in [-0.1, -0.05) is 206 Å². The maximum Gasteiger partial charge on any atom is 2.00 e. The van der Waals surface area contributed by atoms with E-state index >= 15 is 0 Å². The van der Waals surface area contributed by atoms with Crippen molar-refractivity contribution in [2.45, 2.75) is 0 Å². The maximum atomic E-state index is 5.55. The van der Waals surface area contributed by atoms with Crippen LogP contribution in [0.5, 0.6) is 0 Å². The molecular formula is C61H40N11Pt+. The van der Waals surface area contributed by atoms with Gasteiger partial charge in [-0.25, -0.2) is 15.0 Å². The first-order valence-electron chi connectivity index (χ1n) is 23.6. The number of hydrogen-bond donors (Lipinski definition) is 0. The first-order chi connectivity index (χ1) is 35.7. The molecule has 5 heterocycles. The van der Waals surface area contributed by atoms with Crippen molar-refractivity contribution in [1.82, 2.24) is 49.0 Å². The van der Waals surface area contributed by atoms with E-state index in [-0.39, 0.29) is 21.1 Å². The number of rotatable bonds is 8. The van der Waals surface area contributed by atoms with E-state index in [2.05, 4.69) is 65.2 Å². The summed E-state index contributed by atoms with van der Waals surface area (Å²) in [7, 11) is 0. The molecule has 11 nitrogen and oxygen atoms in total. The maximum absolute atomic E-state index is 5.55. The van der Waals surface area contributed by atoms with E-state index in [0.29, 0.717) is 62.7 Å². The number of aromatic nitrogens is 11. The van der Waals surface area contributed by atoms with Gasteiger partial charge in [0, 0.05) is 56.2 Å². The van der Waals surface area contributed by atoms with E-state index in [0.717, 1.165) is 56.0 Å². The van der Waals surface area contributed by atoms with E-state index in [4.69, 9.17) is 39.9 Å². The fraction of sp³-hybridized carbons (Fsp3) is 0. The second kappa shape index (κ2) is 19.4. The first-order valence-corrected chi connectivity index (χ1v) is 23.6. The summed E-state index contributed by atoms with van der Waals surface area (Å²) in [6.07, 6.45) is 0. The predicted octanol–water partition coefficient (Wildman–Crippen LogP) is 12.5. The Balaban J connectivity index is 0.00000543. The van der Waals surface area contributed by atoms with E-state index in [1.807, 2.05) is 191 Å². The molecule has 0 aliphatic heterocycles. The normalized spacial score (nSPS) is 11.2. The minimum atomic E-state index is 0. The summed E-state index contributed by atoms with van der Waals surface area (Å²) in [6, 6.07) is 81.3. The van der Waals surface area contributed by atoms with Crippen LogP contribution in [0.15, 0.2) is 243 Å². The van der Waals surface area contributed by atoms with Gasteiger partial charge in [-0.15, -0.1) is 0 Å². The predicted molar refractivity (Wildman–Crippen MR) is 284 cm³/mol. The fourth-order valence-electron chi connectivity index (χ4n) is 9.42. The van der Waals surface area contributed by atoms with Gasteiger partial charge in [0.25, 0.3) is 0 Å². The van der Waals surface area contributed by atoms with Crippen LogP contribution in [0.1, 0.15) is 0 Å². The summed E-state index contributed by atoms with van der Waals surface area (Å²) < 4.78 is 6.14. The number of nitrogens with zero attached hydrogens (tertiary/aromatic N) is 11. The largest absolute Gasteiger partial charge is 2.00 e. The number of benzene rings is 8. The Bertz CT molecular complexity index is 3360.